The number of rotatable bonds is 2. The standard InChI is InChI=1S/C10H7BrN2O2S/c11-8-9(15)12-5-13-10(8)16-7-3-1-6(14)2-4-7/h1-5,14H,(H,12,13,15). The Bertz CT molecular complexity index is 553. The van der Waals surface area contributed by atoms with Gasteiger partial charge in [-0.1, -0.05) is 11.8 Å². The van der Waals surface area contributed by atoms with Crippen LogP contribution >= 0.6 is 27.7 Å². The molecule has 2 rings (SSSR count). The smallest absolute Gasteiger partial charge is 0.266 e. The number of aromatic hydroxyl groups is 1. The van der Waals surface area contributed by atoms with E-state index in [1.807, 2.05) is 0 Å². The van der Waals surface area contributed by atoms with Crippen molar-refractivity contribution in [1.29, 1.82) is 0 Å². The lowest BCUT2D eigenvalue weighted by Crippen LogP contribution is -2.07. The fraction of sp³-hybridized carbons (Fsp3) is 0. The number of aromatic nitrogens is 2. The van der Waals surface area contributed by atoms with Crippen LogP contribution in [0.2, 0.25) is 0 Å². The van der Waals surface area contributed by atoms with E-state index in [-0.39, 0.29) is 11.3 Å². The first-order valence-electron chi connectivity index (χ1n) is 4.37. The van der Waals surface area contributed by atoms with E-state index in [2.05, 4.69) is 25.9 Å². The average molecular weight is 299 g/mol. The summed E-state index contributed by atoms with van der Waals surface area (Å²) < 4.78 is 0.410. The van der Waals surface area contributed by atoms with Gasteiger partial charge in [0, 0.05) is 4.90 Å². The molecule has 0 aliphatic carbocycles. The van der Waals surface area contributed by atoms with Crippen molar-refractivity contribution >= 4 is 27.7 Å². The van der Waals surface area contributed by atoms with Crippen LogP contribution in [0.15, 0.2) is 49.8 Å². The summed E-state index contributed by atoms with van der Waals surface area (Å²) in [6.45, 7) is 0. The van der Waals surface area contributed by atoms with E-state index in [4.69, 9.17) is 5.11 Å². The Morgan fingerprint density at radius 1 is 1.31 bits per heavy atom. The SMILES string of the molecule is O=c1[nH]cnc(Sc2ccc(O)cc2)c1Br. The van der Waals surface area contributed by atoms with Gasteiger partial charge in [0.2, 0.25) is 0 Å². The molecule has 1 aromatic carbocycles. The summed E-state index contributed by atoms with van der Waals surface area (Å²) in [6.07, 6.45) is 1.36. The molecule has 6 heteroatoms. The molecule has 0 saturated heterocycles. The maximum atomic E-state index is 11.3. The van der Waals surface area contributed by atoms with Gasteiger partial charge in [-0.25, -0.2) is 4.98 Å². The molecule has 0 saturated carbocycles. The normalized spacial score (nSPS) is 10.3. The van der Waals surface area contributed by atoms with Crippen LogP contribution in [0.1, 0.15) is 0 Å². The zero-order chi connectivity index (χ0) is 11.5. The zero-order valence-electron chi connectivity index (χ0n) is 7.98. The second-order valence-corrected chi connectivity index (χ2v) is 4.80. The Hall–Kier alpha value is -1.27. The highest BCUT2D eigenvalue weighted by Crippen LogP contribution is 2.30. The molecule has 0 bridgehead atoms. The van der Waals surface area contributed by atoms with Crippen molar-refractivity contribution in [3.05, 3.63) is 45.4 Å². The zero-order valence-corrected chi connectivity index (χ0v) is 10.4. The highest BCUT2D eigenvalue weighted by molar-refractivity contribution is 9.10. The number of H-pyrrole nitrogens is 1. The monoisotopic (exact) mass is 298 g/mol. The predicted molar refractivity (Wildman–Crippen MR) is 64.8 cm³/mol. The Morgan fingerprint density at radius 2 is 2.00 bits per heavy atom. The molecule has 0 fully saturated rings. The van der Waals surface area contributed by atoms with Crippen LogP contribution < -0.4 is 5.56 Å². The number of phenols is 1. The third kappa shape index (κ3) is 2.45. The lowest BCUT2D eigenvalue weighted by atomic mass is 10.3. The van der Waals surface area contributed by atoms with Crippen LogP contribution in [-0.4, -0.2) is 15.1 Å². The van der Waals surface area contributed by atoms with Crippen molar-refractivity contribution in [2.45, 2.75) is 9.92 Å². The first-order valence-corrected chi connectivity index (χ1v) is 5.98. The first kappa shape index (κ1) is 11.2. The number of benzene rings is 1. The summed E-state index contributed by atoms with van der Waals surface area (Å²) in [4.78, 5) is 18.7. The minimum atomic E-state index is -0.212. The molecule has 2 N–H and O–H groups in total. The van der Waals surface area contributed by atoms with E-state index in [1.54, 1.807) is 24.3 Å². The number of nitrogens with zero attached hydrogens (tertiary/aromatic N) is 1. The fourth-order valence-corrected chi connectivity index (χ4v) is 2.31. The quantitative estimate of drug-likeness (QED) is 0.836. The van der Waals surface area contributed by atoms with E-state index < -0.39 is 0 Å². The summed E-state index contributed by atoms with van der Waals surface area (Å²) in [6, 6.07) is 6.69. The summed E-state index contributed by atoms with van der Waals surface area (Å²) >= 11 is 4.52. The number of aromatic amines is 1. The third-order valence-electron chi connectivity index (χ3n) is 1.82. The highest BCUT2D eigenvalue weighted by Gasteiger charge is 2.06. The Kier molecular flexibility index (Phi) is 3.31. The van der Waals surface area contributed by atoms with Gasteiger partial charge in [-0.3, -0.25) is 4.79 Å². The topological polar surface area (TPSA) is 66.0 Å². The summed E-state index contributed by atoms with van der Waals surface area (Å²) in [5.74, 6) is 0.210. The largest absolute Gasteiger partial charge is 0.508 e. The maximum Gasteiger partial charge on any atom is 0.266 e. The van der Waals surface area contributed by atoms with Gasteiger partial charge in [-0.15, -0.1) is 0 Å². The van der Waals surface area contributed by atoms with Gasteiger partial charge in [0.25, 0.3) is 5.56 Å². The average Bonchev–Trinajstić information content (AvgIpc) is 2.28. The van der Waals surface area contributed by atoms with Crippen molar-refractivity contribution in [1.82, 2.24) is 9.97 Å². The van der Waals surface area contributed by atoms with Gasteiger partial charge in [-0.2, -0.15) is 0 Å². The van der Waals surface area contributed by atoms with Crippen molar-refractivity contribution in [2.24, 2.45) is 0 Å². The number of phenolic OH excluding ortho intramolecular Hbond substituents is 1. The van der Waals surface area contributed by atoms with E-state index >= 15 is 0 Å². The number of halogens is 1. The predicted octanol–water partition coefficient (Wildman–Crippen LogP) is 2.39. The van der Waals surface area contributed by atoms with Crippen molar-refractivity contribution < 1.29 is 5.11 Å². The van der Waals surface area contributed by atoms with Crippen molar-refractivity contribution in [2.75, 3.05) is 0 Å². The fourth-order valence-electron chi connectivity index (χ4n) is 1.06. The molecular weight excluding hydrogens is 292 g/mol. The summed E-state index contributed by atoms with van der Waals surface area (Å²) in [7, 11) is 0. The maximum absolute atomic E-state index is 11.3. The van der Waals surface area contributed by atoms with E-state index in [1.165, 1.54) is 18.1 Å². The Labute approximate surface area is 104 Å². The minimum absolute atomic E-state index is 0.210. The van der Waals surface area contributed by atoms with Gasteiger partial charge in [0.15, 0.2) is 0 Å². The molecule has 0 amide bonds. The van der Waals surface area contributed by atoms with Crippen LogP contribution in [0, 0.1) is 0 Å². The lowest BCUT2D eigenvalue weighted by molar-refractivity contribution is 0.475. The minimum Gasteiger partial charge on any atom is -0.508 e. The second kappa shape index (κ2) is 4.71. The van der Waals surface area contributed by atoms with E-state index in [9.17, 15) is 4.79 Å². The van der Waals surface area contributed by atoms with Crippen LogP contribution in [0.4, 0.5) is 0 Å². The molecule has 0 aliphatic heterocycles. The van der Waals surface area contributed by atoms with Crippen LogP contribution in [0.25, 0.3) is 0 Å². The molecule has 0 radical (unpaired) electrons. The molecule has 1 aromatic heterocycles. The molecule has 16 heavy (non-hydrogen) atoms. The van der Waals surface area contributed by atoms with Crippen LogP contribution in [-0.2, 0) is 0 Å². The van der Waals surface area contributed by atoms with E-state index in [0.717, 1.165) is 4.90 Å². The van der Waals surface area contributed by atoms with Gasteiger partial charge >= 0.3 is 0 Å². The molecule has 0 atom stereocenters. The summed E-state index contributed by atoms with van der Waals surface area (Å²) in [5, 5.41) is 9.72. The van der Waals surface area contributed by atoms with Crippen molar-refractivity contribution in [3.63, 3.8) is 0 Å². The third-order valence-corrected chi connectivity index (χ3v) is 3.82. The molecule has 0 aliphatic rings. The van der Waals surface area contributed by atoms with Gasteiger partial charge in [0.05, 0.1) is 6.33 Å². The lowest BCUT2D eigenvalue weighted by Gasteiger charge is -2.02. The number of nitrogens with one attached hydrogen (secondary N) is 1. The Morgan fingerprint density at radius 3 is 2.69 bits per heavy atom. The molecule has 82 valence electrons. The Balaban J connectivity index is 2.30. The van der Waals surface area contributed by atoms with Crippen LogP contribution in [0.5, 0.6) is 5.75 Å². The number of hydrogen-bond donors (Lipinski definition) is 2. The van der Waals surface area contributed by atoms with Gasteiger partial charge in [-0.05, 0) is 40.2 Å². The molecular formula is C10H7BrN2O2S. The second-order valence-electron chi connectivity index (χ2n) is 2.95. The highest BCUT2D eigenvalue weighted by atomic mass is 79.9. The van der Waals surface area contributed by atoms with Gasteiger partial charge in [0.1, 0.15) is 15.2 Å². The molecule has 0 spiro atoms. The molecule has 0 unspecified atom stereocenters. The number of hydrogen-bond acceptors (Lipinski definition) is 4. The first-order chi connectivity index (χ1) is 7.66. The molecule has 1 heterocycles. The van der Waals surface area contributed by atoms with Gasteiger partial charge < -0.3 is 10.1 Å². The van der Waals surface area contributed by atoms with Crippen LogP contribution in [0.3, 0.4) is 0 Å². The van der Waals surface area contributed by atoms with Crippen molar-refractivity contribution in [3.8, 4) is 5.75 Å². The van der Waals surface area contributed by atoms with E-state index in [0.29, 0.717) is 9.50 Å². The summed E-state index contributed by atoms with van der Waals surface area (Å²) in [5.41, 5.74) is -0.212. The molecule has 2 aromatic rings. The molecule has 4 nitrogen and oxygen atoms in total.